The minimum Gasteiger partial charge on any atom is -0.463 e. The zero-order valence-corrected chi connectivity index (χ0v) is 16.4. The highest BCUT2D eigenvalue weighted by atomic mass is 33.1. The van der Waals surface area contributed by atoms with Gasteiger partial charge in [0.1, 0.15) is 12.2 Å². The van der Waals surface area contributed by atoms with E-state index in [4.69, 9.17) is 9.47 Å². The summed E-state index contributed by atoms with van der Waals surface area (Å²) in [5.41, 5.74) is 0.452. The topological polar surface area (TPSA) is 64.6 Å². The SMILES string of the molecule is CC(C)(C)OC(=O)NCC(C)(C)SSc1ccc(COC=O)cc1. The van der Waals surface area contributed by atoms with Gasteiger partial charge in [0.25, 0.3) is 6.47 Å². The number of benzene rings is 1. The molecule has 1 rings (SSSR count). The maximum atomic E-state index is 11.7. The first-order valence-electron chi connectivity index (χ1n) is 7.58. The third-order valence-electron chi connectivity index (χ3n) is 2.66. The first-order chi connectivity index (χ1) is 11.1. The first kappa shape index (κ1) is 20.7. The minimum atomic E-state index is -0.495. The van der Waals surface area contributed by atoms with Crippen LogP contribution in [-0.2, 0) is 20.9 Å². The molecule has 5 nitrogen and oxygen atoms in total. The molecule has 0 aromatic heterocycles. The number of hydrogen-bond acceptors (Lipinski definition) is 6. The molecule has 0 saturated carbocycles. The Hall–Kier alpha value is -1.34. The van der Waals surface area contributed by atoms with Gasteiger partial charge in [-0.2, -0.15) is 0 Å². The van der Waals surface area contributed by atoms with Crippen molar-refractivity contribution in [2.24, 2.45) is 0 Å². The average Bonchev–Trinajstić information content (AvgIpc) is 2.49. The lowest BCUT2D eigenvalue weighted by molar-refractivity contribution is -0.129. The van der Waals surface area contributed by atoms with Crippen molar-refractivity contribution in [3.8, 4) is 0 Å². The van der Waals surface area contributed by atoms with Crippen molar-refractivity contribution in [1.29, 1.82) is 0 Å². The molecule has 1 aromatic carbocycles. The third kappa shape index (κ3) is 9.08. The molecule has 0 aliphatic rings. The van der Waals surface area contributed by atoms with E-state index in [0.29, 0.717) is 13.0 Å². The summed E-state index contributed by atoms with van der Waals surface area (Å²) in [4.78, 5) is 23.0. The van der Waals surface area contributed by atoms with Crippen molar-refractivity contribution in [2.75, 3.05) is 6.54 Å². The molecule has 0 aliphatic carbocycles. The predicted octanol–water partition coefficient (Wildman–Crippen LogP) is 4.40. The Morgan fingerprint density at radius 2 is 1.79 bits per heavy atom. The summed E-state index contributed by atoms with van der Waals surface area (Å²) in [6, 6.07) is 7.83. The van der Waals surface area contributed by atoms with Gasteiger partial charge in [-0.1, -0.05) is 33.7 Å². The van der Waals surface area contributed by atoms with E-state index in [9.17, 15) is 9.59 Å². The second-order valence-corrected chi connectivity index (χ2v) is 9.74. The Balaban J connectivity index is 2.41. The van der Waals surface area contributed by atoms with Crippen LogP contribution in [-0.4, -0.2) is 29.5 Å². The molecule has 134 valence electrons. The van der Waals surface area contributed by atoms with Gasteiger partial charge in [-0.15, -0.1) is 0 Å². The normalized spacial score (nSPS) is 11.7. The molecule has 0 bridgehead atoms. The van der Waals surface area contributed by atoms with Gasteiger partial charge in [0.2, 0.25) is 0 Å². The fraction of sp³-hybridized carbons (Fsp3) is 0.529. The van der Waals surface area contributed by atoms with Gasteiger partial charge in [0.05, 0.1) is 0 Å². The van der Waals surface area contributed by atoms with E-state index in [-0.39, 0.29) is 11.4 Å². The van der Waals surface area contributed by atoms with Crippen LogP contribution in [0.5, 0.6) is 0 Å². The molecular formula is C17H25NO4S2. The molecule has 0 aliphatic heterocycles. The van der Waals surface area contributed by atoms with Crippen LogP contribution in [0.3, 0.4) is 0 Å². The molecule has 0 fully saturated rings. The summed E-state index contributed by atoms with van der Waals surface area (Å²) in [5.74, 6) is 0. The van der Waals surface area contributed by atoms with Crippen LogP contribution in [0, 0.1) is 0 Å². The molecule has 1 amide bonds. The van der Waals surface area contributed by atoms with E-state index in [0.717, 1.165) is 10.5 Å². The Morgan fingerprint density at radius 1 is 1.17 bits per heavy atom. The van der Waals surface area contributed by atoms with Crippen LogP contribution in [0.4, 0.5) is 4.79 Å². The van der Waals surface area contributed by atoms with Crippen LogP contribution in [0.25, 0.3) is 0 Å². The number of nitrogens with one attached hydrogen (secondary N) is 1. The van der Waals surface area contributed by atoms with Crippen molar-refractivity contribution < 1.29 is 19.1 Å². The summed E-state index contributed by atoms with van der Waals surface area (Å²) < 4.78 is 9.80. The van der Waals surface area contributed by atoms with Crippen molar-refractivity contribution >= 4 is 34.2 Å². The second-order valence-electron chi connectivity index (χ2n) is 6.83. The van der Waals surface area contributed by atoms with Gasteiger partial charge in [-0.25, -0.2) is 4.79 Å². The van der Waals surface area contributed by atoms with E-state index >= 15 is 0 Å². The molecule has 0 spiro atoms. The summed E-state index contributed by atoms with van der Waals surface area (Å²) >= 11 is 0. The molecule has 0 atom stereocenters. The minimum absolute atomic E-state index is 0.152. The van der Waals surface area contributed by atoms with Crippen LogP contribution in [0.1, 0.15) is 40.2 Å². The molecule has 0 heterocycles. The zero-order chi connectivity index (χ0) is 18.2. The number of alkyl carbamates (subject to hydrolysis) is 1. The van der Waals surface area contributed by atoms with Crippen molar-refractivity contribution in [1.82, 2.24) is 5.32 Å². The van der Waals surface area contributed by atoms with Crippen LogP contribution in [0.15, 0.2) is 29.2 Å². The quantitative estimate of drug-likeness (QED) is 0.540. The van der Waals surface area contributed by atoms with Gasteiger partial charge in [-0.05, 0) is 52.3 Å². The highest BCUT2D eigenvalue weighted by molar-refractivity contribution is 8.77. The monoisotopic (exact) mass is 371 g/mol. The van der Waals surface area contributed by atoms with Gasteiger partial charge >= 0.3 is 6.09 Å². The smallest absolute Gasteiger partial charge is 0.407 e. The molecular weight excluding hydrogens is 346 g/mol. The summed E-state index contributed by atoms with van der Waals surface area (Å²) in [7, 11) is 3.31. The molecule has 0 radical (unpaired) electrons. The van der Waals surface area contributed by atoms with Crippen LogP contribution in [0.2, 0.25) is 0 Å². The highest BCUT2D eigenvalue weighted by Gasteiger charge is 2.22. The summed E-state index contributed by atoms with van der Waals surface area (Å²) in [6.45, 7) is 10.9. The zero-order valence-electron chi connectivity index (χ0n) is 14.8. The fourth-order valence-corrected chi connectivity index (χ4v) is 3.74. The number of hydrogen-bond donors (Lipinski definition) is 1. The highest BCUT2D eigenvalue weighted by Crippen LogP contribution is 2.40. The standard InChI is InChI=1S/C17H25NO4S2/c1-16(2,3)22-15(20)18-11-17(4,5)24-23-14-8-6-13(7-9-14)10-21-12-19/h6-9,12H,10-11H2,1-5H3,(H,18,20). The first-order valence-corrected chi connectivity index (χ1v) is 9.73. The Morgan fingerprint density at radius 3 is 2.33 bits per heavy atom. The molecule has 1 aromatic rings. The van der Waals surface area contributed by atoms with Gasteiger partial charge < -0.3 is 14.8 Å². The molecule has 0 unspecified atom stereocenters. The van der Waals surface area contributed by atoms with Crippen molar-refractivity contribution in [2.45, 2.75) is 56.5 Å². The Labute approximate surface area is 151 Å². The summed E-state index contributed by atoms with van der Waals surface area (Å²) in [6.07, 6.45) is -0.402. The molecule has 1 N–H and O–H groups in total. The van der Waals surface area contributed by atoms with Crippen molar-refractivity contribution in [3.63, 3.8) is 0 Å². The number of carbonyl (C=O) groups is 2. The van der Waals surface area contributed by atoms with E-state index in [2.05, 4.69) is 19.2 Å². The molecule has 7 heteroatoms. The molecule has 24 heavy (non-hydrogen) atoms. The van der Waals surface area contributed by atoms with E-state index in [1.54, 1.807) is 21.6 Å². The third-order valence-corrected chi connectivity index (χ3v) is 5.99. The maximum absolute atomic E-state index is 11.7. The predicted molar refractivity (Wildman–Crippen MR) is 99.1 cm³/mol. The summed E-state index contributed by atoms with van der Waals surface area (Å²) in [5, 5.41) is 2.80. The number of ether oxygens (including phenoxy) is 2. The van der Waals surface area contributed by atoms with E-state index < -0.39 is 11.7 Å². The van der Waals surface area contributed by atoms with E-state index in [1.807, 2.05) is 45.0 Å². The lowest BCUT2D eigenvalue weighted by atomic mass is 10.2. The van der Waals surface area contributed by atoms with Gasteiger partial charge in [0.15, 0.2) is 0 Å². The number of rotatable bonds is 8. The lowest BCUT2D eigenvalue weighted by Crippen LogP contribution is -2.39. The van der Waals surface area contributed by atoms with Crippen molar-refractivity contribution in [3.05, 3.63) is 29.8 Å². The van der Waals surface area contributed by atoms with Crippen LogP contribution >= 0.6 is 21.6 Å². The van der Waals surface area contributed by atoms with E-state index in [1.165, 1.54) is 0 Å². The van der Waals surface area contributed by atoms with Crippen LogP contribution < -0.4 is 5.32 Å². The Bertz CT molecular complexity index is 539. The average molecular weight is 372 g/mol. The maximum Gasteiger partial charge on any atom is 0.407 e. The lowest BCUT2D eigenvalue weighted by Gasteiger charge is -2.25. The van der Waals surface area contributed by atoms with Gasteiger partial charge in [0, 0.05) is 16.2 Å². The Kier molecular flexibility index (Phi) is 7.96. The number of amides is 1. The fourth-order valence-electron chi connectivity index (χ4n) is 1.56. The second kappa shape index (κ2) is 9.22. The van der Waals surface area contributed by atoms with Gasteiger partial charge in [-0.3, -0.25) is 4.79 Å². The largest absolute Gasteiger partial charge is 0.463 e. The molecule has 0 saturated heterocycles. The number of carbonyl (C=O) groups excluding carboxylic acids is 2.